The fourth-order valence-corrected chi connectivity index (χ4v) is 2.02. The molecule has 104 valence electrons. The quantitative estimate of drug-likeness (QED) is 0.604. The van der Waals surface area contributed by atoms with E-state index in [-0.39, 0.29) is 18.1 Å². The topological polar surface area (TPSA) is 87.7 Å². The molecule has 0 aliphatic carbocycles. The molecular weight excluding hydrogens is 236 g/mol. The van der Waals surface area contributed by atoms with Gasteiger partial charge in [-0.2, -0.15) is 0 Å². The Morgan fingerprint density at radius 3 is 2.78 bits per heavy atom. The maximum atomic E-state index is 11.9. The highest BCUT2D eigenvalue weighted by molar-refractivity contribution is 5.87. The molecule has 1 amide bonds. The third kappa shape index (κ3) is 4.27. The number of ether oxygens (including phenoxy) is 1. The van der Waals surface area contributed by atoms with Gasteiger partial charge in [0.1, 0.15) is 6.04 Å². The number of rotatable bonds is 7. The maximum Gasteiger partial charge on any atom is 0.326 e. The van der Waals surface area contributed by atoms with Crippen molar-refractivity contribution in [3.05, 3.63) is 0 Å². The molecule has 1 aliphatic heterocycles. The smallest absolute Gasteiger partial charge is 0.326 e. The molecule has 0 aromatic carbocycles. The molecule has 3 N–H and O–H groups in total. The van der Waals surface area contributed by atoms with Crippen molar-refractivity contribution in [1.82, 2.24) is 10.6 Å². The molecule has 0 radical (unpaired) electrons. The third-order valence-electron chi connectivity index (χ3n) is 3.20. The molecular formula is C12H22N2O4. The Kier molecular flexibility index (Phi) is 6.07. The van der Waals surface area contributed by atoms with E-state index in [0.717, 1.165) is 12.8 Å². The van der Waals surface area contributed by atoms with Gasteiger partial charge in [0, 0.05) is 13.7 Å². The van der Waals surface area contributed by atoms with Crippen LogP contribution in [-0.4, -0.2) is 48.8 Å². The second-order valence-corrected chi connectivity index (χ2v) is 4.60. The number of carbonyl (C=O) groups is 2. The van der Waals surface area contributed by atoms with Crippen molar-refractivity contribution >= 4 is 11.9 Å². The lowest BCUT2D eigenvalue weighted by Crippen LogP contribution is -2.48. The zero-order chi connectivity index (χ0) is 13.5. The molecule has 1 heterocycles. The number of methoxy groups -OCH3 is 1. The first kappa shape index (κ1) is 14.9. The average Bonchev–Trinajstić information content (AvgIpc) is 2.82. The first-order valence-corrected chi connectivity index (χ1v) is 6.37. The Bertz CT molecular complexity index is 296. The van der Waals surface area contributed by atoms with Gasteiger partial charge < -0.3 is 20.5 Å². The number of unbranched alkanes of at least 4 members (excludes halogenated alkanes) is 1. The fourth-order valence-electron chi connectivity index (χ4n) is 2.02. The number of carboxylic acids is 1. The fraction of sp³-hybridized carbons (Fsp3) is 0.833. The van der Waals surface area contributed by atoms with E-state index in [4.69, 9.17) is 9.84 Å². The van der Waals surface area contributed by atoms with Crippen LogP contribution in [0.25, 0.3) is 0 Å². The summed E-state index contributed by atoms with van der Waals surface area (Å²) in [6.07, 6.45) is 2.78. The van der Waals surface area contributed by atoms with Gasteiger partial charge in [-0.3, -0.25) is 4.79 Å². The zero-order valence-electron chi connectivity index (χ0n) is 10.9. The van der Waals surface area contributed by atoms with Crippen LogP contribution in [0.2, 0.25) is 0 Å². The summed E-state index contributed by atoms with van der Waals surface area (Å²) >= 11 is 0. The highest BCUT2D eigenvalue weighted by Gasteiger charge is 2.31. The minimum Gasteiger partial charge on any atom is -0.480 e. The lowest BCUT2D eigenvalue weighted by Gasteiger charge is -2.17. The van der Waals surface area contributed by atoms with Gasteiger partial charge in [0.25, 0.3) is 0 Å². The van der Waals surface area contributed by atoms with Crippen molar-refractivity contribution in [1.29, 1.82) is 0 Å². The summed E-state index contributed by atoms with van der Waals surface area (Å²) in [6, 6.07) is -1.14. The van der Waals surface area contributed by atoms with E-state index in [1.165, 1.54) is 0 Å². The van der Waals surface area contributed by atoms with Crippen LogP contribution in [0.15, 0.2) is 0 Å². The van der Waals surface area contributed by atoms with E-state index in [9.17, 15) is 9.59 Å². The highest BCUT2D eigenvalue weighted by Crippen LogP contribution is 2.10. The largest absolute Gasteiger partial charge is 0.480 e. The maximum absolute atomic E-state index is 11.9. The van der Waals surface area contributed by atoms with Crippen molar-refractivity contribution in [3.8, 4) is 0 Å². The van der Waals surface area contributed by atoms with Gasteiger partial charge in [-0.1, -0.05) is 19.8 Å². The van der Waals surface area contributed by atoms with Crippen molar-refractivity contribution < 1.29 is 19.4 Å². The molecule has 0 saturated carbocycles. The summed E-state index contributed by atoms with van der Waals surface area (Å²) in [7, 11) is 1.61. The molecule has 0 bridgehead atoms. The molecule has 1 saturated heterocycles. The van der Waals surface area contributed by atoms with Gasteiger partial charge in [0.2, 0.25) is 5.91 Å². The van der Waals surface area contributed by atoms with Gasteiger partial charge in [-0.15, -0.1) is 0 Å². The molecule has 3 atom stereocenters. The SMILES string of the molecule is CCCC[C@H](NC(=O)C1CC(OC)CN1)C(=O)O. The van der Waals surface area contributed by atoms with Crippen LogP contribution in [-0.2, 0) is 14.3 Å². The van der Waals surface area contributed by atoms with E-state index < -0.39 is 12.0 Å². The minimum atomic E-state index is -0.974. The summed E-state index contributed by atoms with van der Waals surface area (Å²) in [4.78, 5) is 22.9. The molecule has 1 fully saturated rings. The third-order valence-corrected chi connectivity index (χ3v) is 3.20. The number of hydrogen-bond acceptors (Lipinski definition) is 4. The summed E-state index contributed by atoms with van der Waals surface area (Å²) in [6.45, 7) is 2.61. The monoisotopic (exact) mass is 258 g/mol. The van der Waals surface area contributed by atoms with Crippen molar-refractivity contribution in [3.63, 3.8) is 0 Å². The lowest BCUT2D eigenvalue weighted by molar-refractivity contribution is -0.142. The van der Waals surface area contributed by atoms with Gasteiger partial charge in [-0.05, 0) is 12.8 Å². The number of aliphatic carboxylic acids is 1. The summed E-state index contributed by atoms with van der Waals surface area (Å²) in [5.41, 5.74) is 0. The van der Waals surface area contributed by atoms with E-state index in [2.05, 4.69) is 10.6 Å². The van der Waals surface area contributed by atoms with Crippen molar-refractivity contribution in [2.24, 2.45) is 0 Å². The summed E-state index contributed by atoms with van der Waals surface area (Å²) < 4.78 is 5.15. The zero-order valence-corrected chi connectivity index (χ0v) is 10.9. The van der Waals surface area contributed by atoms with Crippen LogP contribution in [0.5, 0.6) is 0 Å². The first-order chi connectivity index (χ1) is 8.58. The van der Waals surface area contributed by atoms with Crippen LogP contribution >= 0.6 is 0 Å². The lowest BCUT2D eigenvalue weighted by atomic mass is 10.1. The van der Waals surface area contributed by atoms with Crippen LogP contribution in [0.3, 0.4) is 0 Å². The molecule has 0 aromatic rings. The Morgan fingerprint density at radius 1 is 1.56 bits per heavy atom. The summed E-state index contributed by atoms with van der Waals surface area (Å²) in [5, 5.41) is 14.6. The van der Waals surface area contributed by atoms with Crippen LogP contribution in [0.1, 0.15) is 32.6 Å². The van der Waals surface area contributed by atoms with E-state index in [0.29, 0.717) is 19.4 Å². The predicted octanol–water partition coefficient (Wildman–Crippen LogP) is 0.123. The molecule has 6 nitrogen and oxygen atoms in total. The molecule has 6 heteroatoms. The average molecular weight is 258 g/mol. The van der Waals surface area contributed by atoms with Gasteiger partial charge in [0.15, 0.2) is 0 Å². The molecule has 1 aliphatic rings. The molecule has 0 aromatic heterocycles. The number of carbonyl (C=O) groups excluding carboxylic acids is 1. The van der Waals surface area contributed by atoms with E-state index >= 15 is 0 Å². The van der Waals surface area contributed by atoms with Gasteiger partial charge in [-0.25, -0.2) is 4.79 Å². The van der Waals surface area contributed by atoms with Gasteiger partial charge >= 0.3 is 5.97 Å². The van der Waals surface area contributed by atoms with Gasteiger partial charge in [0.05, 0.1) is 12.1 Å². The Labute approximate surface area is 107 Å². The normalized spacial score (nSPS) is 24.8. The second-order valence-electron chi connectivity index (χ2n) is 4.60. The Hall–Kier alpha value is -1.14. The van der Waals surface area contributed by atoms with Crippen LogP contribution < -0.4 is 10.6 Å². The number of carboxylic acid groups (broad SMARTS) is 1. The number of nitrogens with one attached hydrogen (secondary N) is 2. The standard InChI is InChI=1S/C12H22N2O4/c1-3-4-5-9(12(16)17)14-11(15)10-6-8(18-2)7-13-10/h8-10,13H,3-7H2,1-2H3,(H,14,15)(H,16,17)/t8?,9-,10?/m0/s1. The van der Waals surface area contributed by atoms with Crippen LogP contribution in [0.4, 0.5) is 0 Å². The Balaban J connectivity index is 2.43. The number of amides is 1. The second kappa shape index (κ2) is 7.33. The minimum absolute atomic E-state index is 0.0275. The molecule has 1 rings (SSSR count). The van der Waals surface area contributed by atoms with E-state index in [1.54, 1.807) is 7.11 Å². The van der Waals surface area contributed by atoms with E-state index in [1.807, 2.05) is 6.92 Å². The van der Waals surface area contributed by atoms with Crippen molar-refractivity contribution in [2.75, 3.05) is 13.7 Å². The van der Waals surface area contributed by atoms with Crippen LogP contribution in [0, 0.1) is 0 Å². The summed E-state index contributed by atoms with van der Waals surface area (Å²) in [5.74, 6) is -1.23. The predicted molar refractivity (Wildman–Crippen MR) is 66.3 cm³/mol. The molecule has 0 spiro atoms. The highest BCUT2D eigenvalue weighted by atomic mass is 16.5. The Morgan fingerprint density at radius 2 is 2.28 bits per heavy atom. The first-order valence-electron chi connectivity index (χ1n) is 6.37. The number of hydrogen-bond donors (Lipinski definition) is 3. The molecule has 18 heavy (non-hydrogen) atoms. The van der Waals surface area contributed by atoms with Crippen molar-refractivity contribution in [2.45, 2.75) is 50.8 Å². The molecule has 2 unspecified atom stereocenters.